The van der Waals surface area contributed by atoms with Gasteiger partial charge in [-0.05, 0) is 19.1 Å². The molecule has 96 valence electrons. The molecule has 0 atom stereocenters. The molecule has 0 fully saturated rings. The zero-order valence-electron chi connectivity index (χ0n) is 10.8. The molecule has 18 heavy (non-hydrogen) atoms. The highest BCUT2D eigenvalue weighted by Crippen LogP contribution is 2.23. The fourth-order valence-electron chi connectivity index (χ4n) is 1.33. The number of hydrogen-bond donors (Lipinski definition) is 0. The van der Waals surface area contributed by atoms with Gasteiger partial charge in [0.1, 0.15) is 17.9 Å². The molecule has 4 nitrogen and oxygen atoms in total. The SMILES string of the molecule is CCOC(=O)CC#Cc1ccc(OC)cc1OC. The summed E-state index contributed by atoms with van der Waals surface area (Å²) in [6.45, 7) is 2.13. The number of ether oxygens (including phenoxy) is 3. The van der Waals surface area contributed by atoms with E-state index in [0.717, 1.165) is 0 Å². The van der Waals surface area contributed by atoms with Gasteiger partial charge in [-0.25, -0.2) is 0 Å². The molecule has 1 aromatic carbocycles. The summed E-state index contributed by atoms with van der Waals surface area (Å²) in [7, 11) is 3.15. The molecule has 0 heterocycles. The van der Waals surface area contributed by atoms with Gasteiger partial charge in [-0.3, -0.25) is 4.79 Å². The van der Waals surface area contributed by atoms with Crippen LogP contribution in [0.1, 0.15) is 18.9 Å². The molecule has 0 radical (unpaired) electrons. The average molecular weight is 248 g/mol. The van der Waals surface area contributed by atoms with E-state index in [-0.39, 0.29) is 12.4 Å². The standard InChI is InChI=1S/C14H16O4/c1-4-18-14(15)7-5-6-11-8-9-12(16-2)10-13(11)17-3/h8-10H,4,7H2,1-3H3. The molecule has 0 unspecified atom stereocenters. The molecule has 0 amide bonds. The highest BCUT2D eigenvalue weighted by molar-refractivity contribution is 5.72. The van der Waals surface area contributed by atoms with Gasteiger partial charge in [0, 0.05) is 6.07 Å². The maximum atomic E-state index is 11.1. The van der Waals surface area contributed by atoms with Crippen LogP contribution in [-0.4, -0.2) is 26.8 Å². The minimum Gasteiger partial charge on any atom is -0.497 e. The molecular formula is C14H16O4. The van der Waals surface area contributed by atoms with Gasteiger partial charge in [-0.1, -0.05) is 11.8 Å². The predicted octanol–water partition coefficient (Wildman–Crippen LogP) is 2.01. The summed E-state index contributed by atoms with van der Waals surface area (Å²) < 4.78 is 15.1. The molecule has 0 saturated carbocycles. The lowest BCUT2D eigenvalue weighted by Crippen LogP contribution is -2.01. The van der Waals surface area contributed by atoms with E-state index in [0.29, 0.717) is 23.7 Å². The number of benzene rings is 1. The van der Waals surface area contributed by atoms with Crippen molar-refractivity contribution in [2.75, 3.05) is 20.8 Å². The van der Waals surface area contributed by atoms with E-state index in [1.165, 1.54) is 0 Å². The number of hydrogen-bond acceptors (Lipinski definition) is 4. The third-order valence-corrected chi connectivity index (χ3v) is 2.17. The fraction of sp³-hybridized carbons (Fsp3) is 0.357. The zero-order valence-corrected chi connectivity index (χ0v) is 10.8. The van der Waals surface area contributed by atoms with E-state index >= 15 is 0 Å². The normalized spacial score (nSPS) is 9.06. The lowest BCUT2D eigenvalue weighted by molar-refractivity contribution is -0.141. The number of rotatable bonds is 4. The molecule has 0 aliphatic carbocycles. The van der Waals surface area contributed by atoms with Crippen molar-refractivity contribution in [2.24, 2.45) is 0 Å². The third kappa shape index (κ3) is 4.02. The van der Waals surface area contributed by atoms with Gasteiger partial charge in [0.15, 0.2) is 0 Å². The predicted molar refractivity (Wildman–Crippen MR) is 67.7 cm³/mol. The Bertz CT molecular complexity index is 468. The van der Waals surface area contributed by atoms with E-state index in [1.54, 1.807) is 39.3 Å². The molecule has 0 aromatic heterocycles. The van der Waals surface area contributed by atoms with Crippen molar-refractivity contribution in [2.45, 2.75) is 13.3 Å². The first kappa shape index (κ1) is 13.9. The summed E-state index contributed by atoms with van der Waals surface area (Å²) in [4.78, 5) is 11.1. The van der Waals surface area contributed by atoms with Gasteiger partial charge >= 0.3 is 5.97 Å². The van der Waals surface area contributed by atoms with Crippen molar-refractivity contribution < 1.29 is 19.0 Å². The molecule has 0 bridgehead atoms. The van der Waals surface area contributed by atoms with E-state index in [4.69, 9.17) is 14.2 Å². The fourth-order valence-corrected chi connectivity index (χ4v) is 1.33. The Morgan fingerprint density at radius 3 is 2.67 bits per heavy atom. The largest absolute Gasteiger partial charge is 0.497 e. The summed E-state index contributed by atoms with van der Waals surface area (Å²) in [6, 6.07) is 5.32. The second kappa shape index (κ2) is 7.23. The first-order valence-corrected chi connectivity index (χ1v) is 5.57. The van der Waals surface area contributed by atoms with E-state index in [2.05, 4.69) is 11.8 Å². The molecule has 1 rings (SSSR count). The van der Waals surface area contributed by atoms with Gasteiger partial charge in [-0.15, -0.1) is 0 Å². The van der Waals surface area contributed by atoms with Crippen LogP contribution in [-0.2, 0) is 9.53 Å². The van der Waals surface area contributed by atoms with Crippen LogP contribution in [0.25, 0.3) is 0 Å². The Kier molecular flexibility index (Phi) is 5.59. The first-order valence-electron chi connectivity index (χ1n) is 5.57. The molecule has 0 saturated heterocycles. The first-order chi connectivity index (χ1) is 8.71. The van der Waals surface area contributed by atoms with Gasteiger partial charge in [-0.2, -0.15) is 0 Å². The van der Waals surface area contributed by atoms with Gasteiger partial charge in [0.25, 0.3) is 0 Å². The van der Waals surface area contributed by atoms with Gasteiger partial charge in [0.2, 0.25) is 0 Å². The molecule has 4 heteroatoms. The molecule has 0 N–H and O–H groups in total. The number of carbonyl (C=O) groups excluding carboxylic acids is 1. The molecule has 1 aromatic rings. The Morgan fingerprint density at radius 2 is 2.06 bits per heavy atom. The summed E-state index contributed by atoms with van der Waals surface area (Å²) in [5.41, 5.74) is 0.711. The summed E-state index contributed by atoms with van der Waals surface area (Å²) >= 11 is 0. The van der Waals surface area contributed by atoms with Crippen molar-refractivity contribution in [1.29, 1.82) is 0 Å². The maximum absolute atomic E-state index is 11.1. The van der Waals surface area contributed by atoms with Crippen LogP contribution >= 0.6 is 0 Å². The Labute approximate surface area is 107 Å². The molecular weight excluding hydrogens is 232 g/mol. The van der Waals surface area contributed by atoms with Crippen molar-refractivity contribution in [3.05, 3.63) is 23.8 Å². The maximum Gasteiger partial charge on any atom is 0.317 e. The minimum absolute atomic E-state index is 0.0724. The second-order valence-electron chi connectivity index (χ2n) is 3.35. The smallest absolute Gasteiger partial charge is 0.317 e. The van der Waals surface area contributed by atoms with Crippen LogP contribution in [0.2, 0.25) is 0 Å². The van der Waals surface area contributed by atoms with Crippen molar-refractivity contribution in [3.8, 4) is 23.3 Å². The van der Waals surface area contributed by atoms with Crippen LogP contribution in [0.3, 0.4) is 0 Å². The van der Waals surface area contributed by atoms with Crippen LogP contribution in [0.15, 0.2) is 18.2 Å². The van der Waals surface area contributed by atoms with Crippen molar-refractivity contribution in [1.82, 2.24) is 0 Å². The van der Waals surface area contributed by atoms with Crippen LogP contribution in [0.5, 0.6) is 11.5 Å². The van der Waals surface area contributed by atoms with Crippen LogP contribution < -0.4 is 9.47 Å². The zero-order chi connectivity index (χ0) is 13.4. The quantitative estimate of drug-likeness (QED) is 0.604. The highest BCUT2D eigenvalue weighted by Gasteiger charge is 2.02. The monoisotopic (exact) mass is 248 g/mol. The van der Waals surface area contributed by atoms with Crippen LogP contribution in [0.4, 0.5) is 0 Å². The summed E-state index contributed by atoms with van der Waals surface area (Å²) in [6.07, 6.45) is 0.0724. The van der Waals surface area contributed by atoms with Crippen molar-refractivity contribution in [3.63, 3.8) is 0 Å². The van der Waals surface area contributed by atoms with Crippen LogP contribution in [0, 0.1) is 11.8 Å². The molecule has 0 spiro atoms. The van der Waals surface area contributed by atoms with E-state index in [1.807, 2.05) is 0 Å². The van der Waals surface area contributed by atoms with Gasteiger partial charge < -0.3 is 14.2 Å². The second-order valence-corrected chi connectivity index (χ2v) is 3.35. The number of carbonyl (C=O) groups is 1. The van der Waals surface area contributed by atoms with Gasteiger partial charge in [0.05, 0.1) is 26.4 Å². The Morgan fingerprint density at radius 1 is 1.28 bits per heavy atom. The third-order valence-electron chi connectivity index (χ3n) is 2.17. The average Bonchev–Trinajstić information content (AvgIpc) is 2.39. The Hall–Kier alpha value is -2.15. The number of esters is 1. The minimum atomic E-state index is -0.322. The molecule has 0 aliphatic rings. The summed E-state index contributed by atoms with van der Waals surface area (Å²) in [5, 5.41) is 0. The summed E-state index contributed by atoms with van der Waals surface area (Å²) in [5.74, 6) is 6.62. The lowest BCUT2D eigenvalue weighted by Gasteiger charge is -2.05. The van der Waals surface area contributed by atoms with Crippen molar-refractivity contribution >= 4 is 5.97 Å². The molecule has 0 aliphatic heterocycles. The highest BCUT2D eigenvalue weighted by atomic mass is 16.5. The van der Waals surface area contributed by atoms with E-state index < -0.39 is 0 Å². The topological polar surface area (TPSA) is 44.8 Å². The van der Waals surface area contributed by atoms with E-state index in [9.17, 15) is 4.79 Å². The lowest BCUT2D eigenvalue weighted by atomic mass is 10.2. The number of methoxy groups -OCH3 is 2. The Balaban J connectivity index is 2.78.